The second-order valence-electron chi connectivity index (χ2n) is 3.92. The topological polar surface area (TPSA) is 29.1 Å². The quantitative estimate of drug-likeness (QED) is 0.817. The van der Waals surface area contributed by atoms with Gasteiger partial charge in [-0.05, 0) is 30.0 Å². The van der Waals surface area contributed by atoms with E-state index in [1.54, 1.807) is 13.1 Å². The van der Waals surface area contributed by atoms with Crippen LogP contribution < -0.4 is 5.32 Å². The van der Waals surface area contributed by atoms with Gasteiger partial charge in [-0.15, -0.1) is 0 Å². The first-order valence-corrected chi connectivity index (χ1v) is 5.63. The second kappa shape index (κ2) is 6.26. The molecule has 0 radical (unpaired) electrons. The summed E-state index contributed by atoms with van der Waals surface area (Å²) < 4.78 is 13.1. The number of amides is 1. The third kappa shape index (κ3) is 3.65. The Bertz CT molecular complexity index is 352. The molecule has 0 heterocycles. The van der Waals surface area contributed by atoms with Crippen LogP contribution in [0.4, 0.5) is 4.39 Å². The van der Waals surface area contributed by atoms with Crippen molar-refractivity contribution in [3.63, 3.8) is 0 Å². The minimum Gasteiger partial charge on any atom is -0.359 e. The van der Waals surface area contributed by atoms with E-state index in [0.717, 1.165) is 18.4 Å². The molecule has 88 valence electrons. The molecular weight excluding hydrogens is 205 g/mol. The van der Waals surface area contributed by atoms with Crippen LogP contribution in [-0.2, 0) is 4.79 Å². The van der Waals surface area contributed by atoms with Gasteiger partial charge >= 0.3 is 0 Å². The Hall–Kier alpha value is -1.38. The molecule has 0 aliphatic rings. The standard InChI is InChI=1S/C13H18FNO/c1-3-5-10(9-13(16)15-2)11-6-4-7-12(14)8-11/h4,6-8,10H,3,5,9H2,1-2H3,(H,15,16). The predicted molar refractivity (Wildman–Crippen MR) is 62.7 cm³/mol. The molecule has 3 heteroatoms. The normalized spacial score (nSPS) is 12.2. The van der Waals surface area contributed by atoms with Gasteiger partial charge in [-0.3, -0.25) is 4.79 Å². The highest BCUT2D eigenvalue weighted by Gasteiger charge is 2.14. The average molecular weight is 223 g/mol. The van der Waals surface area contributed by atoms with Gasteiger partial charge in [0.2, 0.25) is 5.91 Å². The molecule has 0 aromatic heterocycles. The van der Waals surface area contributed by atoms with Crippen LogP contribution in [0.1, 0.15) is 37.7 Å². The summed E-state index contributed by atoms with van der Waals surface area (Å²) in [6.07, 6.45) is 2.31. The van der Waals surface area contributed by atoms with Crippen LogP contribution in [0.25, 0.3) is 0 Å². The van der Waals surface area contributed by atoms with E-state index in [1.807, 2.05) is 6.07 Å². The Kier molecular flexibility index (Phi) is 4.96. The highest BCUT2D eigenvalue weighted by Crippen LogP contribution is 2.25. The molecule has 1 aromatic rings. The highest BCUT2D eigenvalue weighted by atomic mass is 19.1. The van der Waals surface area contributed by atoms with Crippen LogP contribution in [0, 0.1) is 5.82 Å². The zero-order valence-electron chi connectivity index (χ0n) is 9.79. The molecule has 1 amide bonds. The van der Waals surface area contributed by atoms with Crippen molar-refractivity contribution in [2.45, 2.75) is 32.1 Å². The zero-order chi connectivity index (χ0) is 12.0. The number of carbonyl (C=O) groups is 1. The predicted octanol–water partition coefficient (Wildman–Crippen LogP) is 2.85. The Morgan fingerprint density at radius 1 is 1.50 bits per heavy atom. The Morgan fingerprint density at radius 2 is 2.25 bits per heavy atom. The molecule has 1 aromatic carbocycles. The summed E-state index contributed by atoms with van der Waals surface area (Å²) >= 11 is 0. The fourth-order valence-electron chi connectivity index (χ4n) is 1.82. The highest BCUT2D eigenvalue weighted by molar-refractivity contribution is 5.76. The minimum absolute atomic E-state index is 0.00251. The van der Waals surface area contributed by atoms with Crippen molar-refractivity contribution in [2.75, 3.05) is 7.05 Å². The van der Waals surface area contributed by atoms with Gasteiger partial charge in [-0.25, -0.2) is 4.39 Å². The van der Waals surface area contributed by atoms with Crippen LogP contribution >= 0.6 is 0 Å². The average Bonchev–Trinajstić information content (AvgIpc) is 2.28. The summed E-state index contributed by atoms with van der Waals surface area (Å²) in [5.74, 6) is -0.126. The van der Waals surface area contributed by atoms with E-state index in [9.17, 15) is 9.18 Å². The Balaban J connectivity index is 2.80. The second-order valence-corrected chi connectivity index (χ2v) is 3.92. The summed E-state index contributed by atoms with van der Waals surface area (Å²) in [5, 5.41) is 2.61. The summed E-state index contributed by atoms with van der Waals surface area (Å²) in [6.45, 7) is 2.07. The summed E-state index contributed by atoms with van der Waals surface area (Å²) in [7, 11) is 1.62. The summed E-state index contributed by atoms with van der Waals surface area (Å²) in [6, 6.07) is 6.51. The van der Waals surface area contributed by atoms with E-state index >= 15 is 0 Å². The number of hydrogen-bond donors (Lipinski definition) is 1. The molecule has 16 heavy (non-hydrogen) atoms. The fraction of sp³-hybridized carbons (Fsp3) is 0.462. The molecule has 0 saturated carbocycles. The van der Waals surface area contributed by atoms with E-state index < -0.39 is 0 Å². The molecule has 0 aliphatic heterocycles. The molecule has 1 N–H and O–H groups in total. The summed E-state index contributed by atoms with van der Waals surface area (Å²) in [5.41, 5.74) is 0.908. The number of hydrogen-bond acceptors (Lipinski definition) is 1. The van der Waals surface area contributed by atoms with Gasteiger partial charge in [0, 0.05) is 13.5 Å². The maximum absolute atomic E-state index is 13.1. The molecule has 1 unspecified atom stereocenters. The van der Waals surface area contributed by atoms with Crippen LogP contribution in [-0.4, -0.2) is 13.0 Å². The zero-order valence-corrected chi connectivity index (χ0v) is 9.79. The van der Waals surface area contributed by atoms with Crippen molar-refractivity contribution in [3.8, 4) is 0 Å². The molecule has 2 nitrogen and oxygen atoms in total. The summed E-state index contributed by atoms with van der Waals surface area (Å²) in [4.78, 5) is 11.4. The van der Waals surface area contributed by atoms with E-state index in [1.165, 1.54) is 12.1 Å². The first kappa shape index (κ1) is 12.7. The molecule has 1 atom stereocenters. The van der Waals surface area contributed by atoms with Gasteiger partial charge in [0.15, 0.2) is 0 Å². The van der Waals surface area contributed by atoms with Gasteiger partial charge in [0.1, 0.15) is 5.82 Å². The van der Waals surface area contributed by atoms with Gasteiger partial charge in [-0.1, -0.05) is 25.5 Å². The van der Waals surface area contributed by atoms with Crippen molar-refractivity contribution in [1.82, 2.24) is 5.32 Å². The van der Waals surface area contributed by atoms with Crippen molar-refractivity contribution in [2.24, 2.45) is 0 Å². The van der Waals surface area contributed by atoms with E-state index in [2.05, 4.69) is 12.2 Å². The first-order chi connectivity index (χ1) is 7.67. The van der Waals surface area contributed by atoms with Crippen LogP contribution in [0.2, 0.25) is 0 Å². The molecule has 0 spiro atoms. The third-order valence-corrected chi connectivity index (χ3v) is 2.67. The van der Waals surface area contributed by atoms with Crippen LogP contribution in [0.3, 0.4) is 0 Å². The van der Waals surface area contributed by atoms with Gasteiger partial charge in [0.25, 0.3) is 0 Å². The van der Waals surface area contributed by atoms with Crippen molar-refractivity contribution in [1.29, 1.82) is 0 Å². The van der Waals surface area contributed by atoms with Crippen molar-refractivity contribution >= 4 is 5.91 Å². The lowest BCUT2D eigenvalue weighted by Gasteiger charge is -2.15. The monoisotopic (exact) mass is 223 g/mol. The molecule has 0 aliphatic carbocycles. The maximum atomic E-state index is 13.1. The number of benzene rings is 1. The van der Waals surface area contributed by atoms with E-state index in [4.69, 9.17) is 0 Å². The van der Waals surface area contributed by atoms with Gasteiger partial charge < -0.3 is 5.32 Å². The number of nitrogens with one attached hydrogen (secondary N) is 1. The molecule has 0 fully saturated rings. The number of rotatable bonds is 5. The molecule has 1 rings (SSSR count). The molecule has 0 bridgehead atoms. The lowest BCUT2D eigenvalue weighted by atomic mass is 9.91. The first-order valence-electron chi connectivity index (χ1n) is 5.63. The lowest BCUT2D eigenvalue weighted by Crippen LogP contribution is -2.20. The van der Waals surface area contributed by atoms with Crippen molar-refractivity contribution in [3.05, 3.63) is 35.6 Å². The largest absolute Gasteiger partial charge is 0.359 e. The Morgan fingerprint density at radius 3 is 2.81 bits per heavy atom. The molecular formula is C13H18FNO. The van der Waals surface area contributed by atoms with E-state index in [-0.39, 0.29) is 17.6 Å². The number of halogens is 1. The minimum atomic E-state index is -0.240. The lowest BCUT2D eigenvalue weighted by molar-refractivity contribution is -0.121. The van der Waals surface area contributed by atoms with E-state index in [0.29, 0.717) is 6.42 Å². The SMILES string of the molecule is CCCC(CC(=O)NC)c1cccc(F)c1. The third-order valence-electron chi connectivity index (χ3n) is 2.67. The number of carbonyl (C=O) groups excluding carboxylic acids is 1. The van der Waals surface area contributed by atoms with Gasteiger partial charge in [0.05, 0.1) is 0 Å². The van der Waals surface area contributed by atoms with Crippen molar-refractivity contribution < 1.29 is 9.18 Å². The van der Waals surface area contributed by atoms with Crippen LogP contribution in [0.15, 0.2) is 24.3 Å². The smallest absolute Gasteiger partial charge is 0.220 e. The maximum Gasteiger partial charge on any atom is 0.220 e. The fourth-order valence-corrected chi connectivity index (χ4v) is 1.82. The van der Waals surface area contributed by atoms with Gasteiger partial charge in [-0.2, -0.15) is 0 Å². The molecule has 0 saturated heterocycles. The van der Waals surface area contributed by atoms with Crippen LogP contribution in [0.5, 0.6) is 0 Å². The Labute approximate surface area is 95.9 Å².